The number of hydrogen-bond donors (Lipinski definition) is 5. The number of hydrogen-bond acceptors (Lipinski definition) is 8. The van der Waals surface area contributed by atoms with Crippen molar-refractivity contribution < 1.29 is 33.8 Å². The van der Waals surface area contributed by atoms with Gasteiger partial charge in [0.25, 0.3) is 0 Å². The highest BCUT2D eigenvalue weighted by atomic mass is 32.2. The van der Waals surface area contributed by atoms with Crippen LogP contribution in [0.3, 0.4) is 0 Å². The number of ether oxygens (including phenoxy) is 2. The van der Waals surface area contributed by atoms with E-state index in [9.17, 15) is 24.3 Å². The van der Waals surface area contributed by atoms with Gasteiger partial charge in [-0.15, -0.1) is 0 Å². The summed E-state index contributed by atoms with van der Waals surface area (Å²) in [5, 5.41) is 22.5. The SMILES string of the molecule is CSCC[C@H](NC(=O)O[C@H]1CCOC1)C(=O)N[C@@H](CC(C)C)[C@@H](O)C[C@@H](C)C(=O)N[C@@H](CC(C)C)C(=O)NC(C)C. The van der Waals surface area contributed by atoms with Crippen LogP contribution in [0.15, 0.2) is 0 Å². The maximum Gasteiger partial charge on any atom is 0.408 e. The van der Waals surface area contributed by atoms with Crippen LogP contribution in [0.25, 0.3) is 0 Å². The van der Waals surface area contributed by atoms with Crippen LogP contribution >= 0.6 is 11.8 Å². The summed E-state index contributed by atoms with van der Waals surface area (Å²) >= 11 is 1.55. The lowest BCUT2D eigenvalue weighted by Gasteiger charge is -2.30. The molecule has 1 heterocycles. The number of aliphatic hydroxyl groups excluding tert-OH is 1. The third-order valence-electron chi connectivity index (χ3n) is 6.71. The predicted octanol–water partition coefficient (Wildman–Crippen LogP) is 2.60. The zero-order valence-corrected chi connectivity index (χ0v) is 27.0. The quantitative estimate of drug-likeness (QED) is 0.160. The molecule has 1 aliphatic heterocycles. The molecule has 0 bridgehead atoms. The zero-order valence-electron chi connectivity index (χ0n) is 26.2. The fraction of sp³-hybridized carbons (Fsp3) is 0.862. The first-order chi connectivity index (χ1) is 19.2. The normalized spacial score (nSPS) is 18.9. The van der Waals surface area contributed by atoms with Gasteiger partial charge in [0.1, 0.15) is 18.2 Å². The molecule has 4 amide bonds. The van der Waals surface area contributed by atoms with Gasteiger partial charge in [0.2, 0.25) is 17.7 Å². The molecule has 238 valence electrons. The summed E-state index contributed by atoms with van der Waals surface area (Å²) in [6, 6.07) is -2.20. The minimum Gasteiger partial charge on any atom is -0.444 e. The van der Waals surface area contributed by atoms with Gasteiger partial charge in [0.15, 0.2) is 0 Å². The number of carbonyl (C=O) groups is 4. The Balaban J connectivity index is 2.87. The molecule has 5 N–H and O–H groups in total. The van der Waals surface area contributed by atoms with E-state index in [0.717, 1.165) is 0 Å². The Morgan fingerprint density at radius 1 is 0.854 bits per heavy atom. The lowest BCUT2D eigenvalue weighted by atomic mass is 9.91. The summed E-state index contributed by atoms with van der Waals surface area (Å²) in [4.78, 5) is 51.5. The van der Waals surface area contributed by atoms with Crippen molar-refractivity contribution in [3.63, 3.8) is 0 Å². The van der Waals surface area contributed by atoms with Gasteiger partial charge in [-0.25, -0.2) is 4.79 Å². The van der Waals surface area contributed by atoms with E-state index in [1.54, 1.807) is 18.7 Å². The number of nitrogens with one attached hydrogen (secondary N) is 4. The summed E-state index contributed by atoms with van der Waals surface area (Å²) in [6.07, 6.45) is 1.96. The lowest BCUT2D eigenvalue weighted by molar-refractivity contribution is -0.132. The fourth-order valence-corrected chi connectivity index (χ4v) is 5.05. The third-order valence-corrected chi connectivity index (χ3v) is 7.36. The molecule has 1 rings (SSSR count). The number of aliphatic hydroxyl groups is 1. The van der Waals surface area contributed by atoms with E-state index in [4.69, 9.17) is 9.47 Å². The van der Waals surface area contributed by atoms with Crippen LogP contribution in [0.1, 0.15) is 80.6 Å². The van der Waals surface area contributed by atoms with Crippen LogP contribution in [-0.2, 0) is 23.9 Å². The second-order valence-electron chi connectivity index (χ2n) is 12.2. The van der Waals surface area contributed by atoms with Crippen molar-refractivity contribution in [1.29, 1.82) is 0 Å². The molecule has 6 atom stereocenters. The molecule has 12 heteroatoms. The predicted molar refractivity (Wildman–Crippen MR) is 161 cm³/mol. The van der Waals surface area contributed by atoms with Crippen molar-refractivity contribution in [1.82, 2.24) is 21.3 Å². The van der Waals surface area contributed by atoms with E-state index in [-0.39, 0.29) is 42.2 Å². The maximum absolute atomic E-state index is 13.3. The Morgan fingerprint density at radius 2 is 1.49 bits per heavy atom. The summed E-state index contributed by atoms with van der Waals surface area (Å²) in [7, 11) is 0. The van der Waals surface area contributed by atoms with Crippen LogP contribution in [0.4, 0.5) is 4.79 Å². The molecule has 0 aliphatic carbocycles. The molecule has 0 spiro atoms. The van der Waals surface area contributed by atoms with Crippen LogP contribution in [0.2, 0.25) is 0 Å². The second-order valence-corrected chi connectivity index (χ2v) is 13.2. The molecule has 1 saturated heterocycles. The Labute approximate surface area is 250 Å². The van der Waals surface area contributed by atoms with Gasteiger partial charge < -0.3 is 35.8 Å². The molecule has 0 aromatic heterocycles. The van der Waals surface area contributed by atoms with Gasteiger partial charge in [-0.1, -0.05) is 34.6 Å². The first kappa shape index (κ1) is 37.0. The van der Waals surface area contributed by atoms with Gasteiger partial charge in [0.05, 0.1) is 25.4 Å². The van der Waals surface area contributed by atoms with Gasteiger partial charge in [-0.05, 0) is 63.4 Å². The Morgan fingerprint density at radius 3 is 2.02 bits per heavy atom. The number of thioether (sulfide) groups is 1. The Hall–Kier alpha value is -2.05. The smallest absolute Gasteiger partial charge is 0.408 e. The Bertz CT molecular complexity index is 821. The summed E-state index contributed by atoms with van der Waals surface area (Å²) in [5.41, 5.74) is 0. The van der Waals surface area contributed by atoms with Crippen molar-refractivity contribution in [2.45, 2.75) is 117 Å². The highest BCUT2D eigenvalue weighted by Gasteiger charge is 2.32. The third kappa shape index (κ3) is 15.1. The number of amides is 4. The van der Waals surface area contributed by atoms with Gasteiger partial charge in [-0.2, -0.15) is 11.8 Å². The van der Waals surface area contributed by atoms with Crippen molar-refractivity contribution >= 4 is 35.6 Å². The summed E-state index contributed by atoms with van der Waals surface area (Å²) < 4.78 is 10.6. The second kappa shape index (κ2) is 19.2. The number of alkyl carbamates (subject to hydrolysis) is 1. The van der Waals surface area contributed by atoms with E-state index >= 15 is 0 Å². The van der Waals surface area contributed by atoms with Crippen molar-refractivity contribution in [2.24, 2.45) is 17.8 Å². The van der Waals surface area contributed by atoms with Crippen LogP contribution in [-0.4, -0.2) is 90.5 Å². The van der Waals surface area contributed by atoms with Crippen molar-refractivity contribution in [3.8, 4) is 0 Å². The van der Waals surface area contributed by atoms with Crippen molar-refractivity contribution in [2.75, 3.05) is 25.2 Å². The molecule has 0 radical (unpaired) electrons. The summed E-state index contributed by atoms with van der Waals surface area (Å²) in [5.74, 6) is -0.597. The molecular formula is C29H54N4O7S. The molecule has 0 aromatic rings. The van der Waals surface area contributed by atoms with E-state index < -0.39 is 42.1 Å². The van der Waals surface area contributed by atoms with E-state index in [1.807, 2.05) is 47.8 Å². The monoisotopic (exact) mass is 602 g/mol. The zero-order chi connectivity index (χ0) is 31.1. The van der Waals surface area contributed by atoms with Crippen LogP contribution < -0.4 is 21.3 Å². The van der Waals surface area contributed by atoms with Gasteiger partial charge in [0, 0.05) is 18.4 Å². The first-order valence-corrected chi connectivity index (χ1v) is 16.3. The van der Waals surface area contributed by atoms with E-state index in [2.05, 4.69) is 21.3 Å². The standard InChI is InChI=1S/C29H54N4O7S/c1-17(2)13-23(31-27(36)22(10-12-41-8)33-29(38)40-21-9-11-39-16-21)25(34)15-20(7)26(35)32-24(14-18(3)4)28(37)30-19(5)6/h17-25,34H,9-16H2,1-8H3,(H,30,37)(H,31,36)(H,32,35)(H,33,38)/t20-,21+,22+,23+,24+,25+/m1/s1. The molecular weight excluding hydrogens is 548 g/mol. The van der Waals surface area contributed by atoms with Gasteiger partial charge >= 0.3 is 6.09 Å². The number of rotatable bonds is 18. The molecule has 1 fully saturated rings. The van der Waals surface area contributed by atoms with Crippen LogP contribution in [0, 0.1) is 17.8 Å². The summed E-state index contributed by atoms with van der Waals surface area (Å²) in [6.45, 7) is 14.2. The van der Waals surface area contributed by atoms with E-state index in [0.29, 0.717) is 44.6 Å². The maximum atomic E-state index is 13.3. The fourth-order valence-electron chi connectivity index (χ4n) is 4.58. The molecule has 0 saturated carbocycles. The average molecular weight is 603 g/mol. The number of carbonyl (C=O) groups excluding carboxylic acids is 4. The minimum absolute atomic E-state index is 0.0541. The minimum atomic E-state index is -1.01. The molecule has 0 unspecified atom stereocenters. The first-order valence-electron chi connectivity index (χ1n) is 14.9. The molecule has 11 nitrogen and oxygen atoms in total. The van der Waals surface area contributed by atoms with Crippen molar-refractivity contribution in [3.05, 3.63) is 0 Å². The van der Waals surface area contributed by atoms with Crippen LogP contribution in [0.5, 0.6) is 0 Å². The van der Waals surface area contributed by atoms with E-state index in [1.165, 1.54) is 0 Å². The largest absolute Gasteiger partial charge is 0.444 e. The average Bonchev–Trinajstić information content (AvgIpc) is 3.37. The Kier molecular flexibility index (Phi) is 17.3. The highest BCUT2D eigenvalue weighted by Crippen LogP contribution is 2.17. The highest BCUT2D eigenvalue weighted by molar-refractivity contribution is 7.98. The topological polar surface area (TPSA) is 155 Å². The van der Waals surface area contributed by atoms with Gasteiger partial charge in [-0.3, -0.25) is 14.4 Å². The lowest BCUT2D eigenvalue weighted by Crippen LogP contribution is -2.54. The molecule has 1 aliphatic rings. The molecule has 0 aromatic carbocycles. The molecule has 41 heavy (non-hydrogen) atoms.